The molecular weight excluding hydrogens is 321 g/mol. The molecular formula is C10H14IN3O2. The smallest absolute Gasteiger partial charge is 0.414 e. The number of nitrogens with one attached hydrogen (secondary N) is 1. The first-order valence-corrected chi connectivity index (χ1v) is 6.19. The van der Waals surface area contributed by atoms with E-state index in [9.17, 15) is 4.79 Å². The summed E-state index contributed by atoms with van der Waals surface area (Å²) in [5.74, 6) is 0. The zero-order valence-electron chi connectivity index (χ0n) is 9.50. The van der Waals surface area contributed by atoms with Crippen LogP contribution in [-0.4, -0.2) is 28.4 Å². The van der Waals surface area contributed by atoms with Gasteiger partial charge in [-0.3, -0.25) is 10.00 Å². The maximum atomic E-state index is 11.9. The van der Waals surface area contributed by atoms with Gasteiger partial charge in [-0.05, 0) is 43.4 Å². The first kappa shape index (κ1) is 11.7. The number of rotatable bonds is 0. The molecule has 1 aliphatic rings. The molecule has 0 fully saturated rings. The molecule has 0 atom stereocenters. The van der Waals surface area contributed by atoms with Crippen LogP contribution in [0.25, 0.3) is 0 Å². The van der Waals surface area contributed by atoms with Crippen molar-refractivity contribution in [1.29, 1.82) is 0 Å². The number of nitrogens with zero attached hydrogens (tertiary/aromatic N) is 2. The molecule has 2 heterocycles. The number of aromatic amines is 1. The van der Waals surface area contributed by atoms with Gasteiger partial charge in [-0.2, -0.15) is 5.10 Å². The fourth-order valence-electron chi connectivity index (χ4n) is 1.63. The number of hydrogen-bond acceptors (Lipinski definition) is 3. The Hall–Kier alpha value is -0.790. The SMILES string of the molecule is CC(C)(C)OC(=O)N1CCc2[nH]nc(I)c21. The topological polar surface area (TPSA) is 58.2 Å². The highest BCUT2D eigenvalue weighted by Crippen LogP contribution is 2.31. The normalized spacial score (nSPS) is 15.1. The summed E-state index contributed by atoms with van der Waals surface area (Å²) in [6, 6.07) is 0. The molecule has 1 aromatic rings. The molecule has 0 aromatic carbocycles. The number of fused-ring (bicyclic) bond motifs is 1. The van der Waals surface area contributed by atoms with E-state index in [4.69, 9.17) is 4.74 Å². The van der Waals surface area contributed by atoms with E-state index < -0.39 is 5.60 Å². The molecule has 88 valence electrons. The molecule has 1 amide bonds. The van der Waals surface area contributed by atoms with Crippen molar-refractivity contribution in [1.82, 2.24) is 10.2 Å². The Kier molecular flexibility index (Phi) is 2.85. The fraction of sp³-hybridized carbons (Fsp3) is 0.600. The molecule has 0 aliphatic carbocycles. The van der Waals surface area contributed by atoms with E-state index in [-0.39, 0.29) is 6.09 Å². The third-order valence-corrected chi connectivity index (χ3v) is 2.99. The molecule has 0 bridgehead atoms. The summed E-state index contributed by atoms with van der Waals surface area (Å²) in [5.41, 5.74) is 1.42. The van der Waals surface area contributed by atoms with Crippen molar-refractivity contribution in [3.05, 3.63) is 9.39 Å². The molecule has 0 saturated carbocycles. The van der Waals surface area contributed by atoms with E-state index in [0.717, 1.165) is 21.5 Å². The zero-order chi connectivity index (χ0) is 11.9. The Morgan fingerprint density at radius 2 is 2.25 bits per heavy atom. The van der Waals surface area contributed by atoms with Crippen LogP contribution < -0.4 is 4.90 Å². The first-order valence-electron chi connectivity index (χ1n) is 5.12. The average Bonchev–Trinajstić information content (AvgIpc) is 2.66. The Morgan fingerprint density at radius 3 is 2.88 bits per heavy atom. The standard InChI is InChI=1S/C10H14IN3O2/c1-10(2,3)16-9(15)14-5-4-6-7(14)8(11)13-12-6/h4-5H2,1-3H3,(H,12,13). The number of carbonyl (C=O) groups is 1. The molecule has 1 aliphatic heterocycles. The molecule has 0 radical (unpaired) electrons. The van der Waals surface area contributed by atoms with Gasteiger partial charge in [-0.1, -0.05) is 0 Å². The minimum atomic E-state index is -0.463. The van der Waals surface area contributed by atoms with Crippen LogP contribution in [0.3, 0.4) is 0 Å². The summed E-state index contributed by atoms with van der Waals surface area (Å²) >= 11 is 2.12. The summed E-state index contributed by atoms with van der Waals surface area (Å²) in [5, 5.41) is 7.01. The summed E-state index contributed by atoms with van der Waals surface area (Å²) in [4.78, 5) is 13.6. The lowest BCUT2D eigenvalue weighted by molar-refractivity contribution is 0.0583. The number of H-pyrrole nitrogens is 1. The van der Waals surface area contributed by atoms with Crippen molar-refractivity contribution in [2.24, 2.45) is 0 Å². The number of anilines is 1. The highest BCUT2D eigenvalue weighted by molar-refractivity contribution is 14.1. The molecule has 2 rings (SSSR count). The molecule has 0 saturated heterocycles. The monoisotopic (exact) mass is 335 g/mol. The maximum absolute atomic E-state index is 11.9. The van der Waals surface area contributed by atoms with Gasteiger partial charge in [0.15, 0.2) is 0 Å². The number of carbonyl (C=O) groups excluding carboxylic acids is 1. The van der Waals surface area contributed by atoms with Gasteiger partial charge in [-0.25, -0.2) is 4.79 Å². The van der Waals surface area contributed by atoms with Gasteiger partial charge in [0.25, 0.3) is 0 Å². The second-order valence-corrected chi connectivity index (χ2v) is 5.75. The quantitative estimate of drug-likeness (QED) is 0.741. The van der Waals surface area contributed by atoms with E-state index >= 15 is 0 Å². The lowest BCUT2D eigenvalue weighted by Gasteiger charge is -2.24. The Bertz CT molecular complexity index is 422. The first-order chi connectivity index (χ1) is 7.38. The van der Waals surface area contributed by atoms with E-state index in [1.165, 1.54) is 0 Å². The molecule has 0 spiro atoms. The number of halogens is 1. The predicted octanol–water partition coefficient (Wildman–Crippen LogP) is 2.31. The summed E-state index contributed by atoms with van der Waals surface area (Å²) in [7, 11) is 0. The second-order valence-electron chi connectivity index (χ2n) is 4.72. The van der Waals surface area contributed by atoms with Gasteiger partial charge < -0.3 is 4.74 Å². The molecule has 1 N–H and O–H groups in total. The second kappa shape index (κ2) is 3.90. The van der Waals surface area contributed by atoms with E-state index in [1.54, 1.807) is 4.90 Å². The van der Waals surface area contributed by atoms with Crippen molar-refractivity contribution < 1.29 is 9.53 Å². The van der Waals surface area contributed by atoms with Crippen molar-refractivity contribution in [3.63, 3.8) is 0 Å². The summed E-state index contributed by atoms with van der Waals surface area (Å²) in [6.45, 7) is 6.25. The third kappa shape index (κ3) is 2.16. The molecule has 5 nitrogen and oxygen atoms in total. The number of ether oxygens (including phenoxy) is 1. The van der Waals surface area contributed by atoms with Gasteiger partial charge in [0, 0.05) is 13.0 Å². The van der Waals surface area contributed by atoms with Crippen LogP contribution in [0.2, 0.25) is 0 Å². The Balaban J connectivity index is 2.19. The molecule has 1 aromatic heterocycles. The highest BCUT2D eigenvalue weighted by atomic mass is 127. The van der Waals surface area contributed by atoms with Crippen molar-refractivity contribution in [3.8, 4) is 0 Å². The van der Waals surface area contributed by atoms with Gasteiger partial charge in [0.2, 0.25) is 0 Å². The minimum Gasteiger partial charge on any atom is -0.443 e. The summed E-state index contributed by atoms with van der Waals surface area (Å²) in [6.07, 6.45) is 0.510. The Labute approximate surface area is 108 Å². The Morgan fingerprint density at radius 1 is 1.56 bits per heavy atom. The van der Waals surface area contributed by atoms with Gasteiger partial charge in [-0.15, -0.1) is 0 Å². The van der Waals surface area contributed by atoms with Crippen LogP contribution >= 0.6 is 22.6 Å². The van der Waals surface area contributed by atoms with Crippen LogP contribution in [0.1, 0.15) is 26.5 Å². The third-order valence-electron chi connectivity index (χ3n) is 2.24. The van der Waals surface area contributed by atoms with Crippen molar-refractivity contribution in [2.45, 2.75) is 32.8 Å². The van der Waals surface area contributed by atoms with Gasteiger partial charge >= 0.3 is 6.09 Å². The van der Waals surface area contributed by atoms with E-state index in [0.29, 0.717) is 6.54 Å². The van der Waals surface area contributed by atoms with Crippen LogP contribution in [0, 0.1) is 3.70 Å². The molecule has 0 unspecified atom stereocenters. The maximum Gasteiger partial charge on any atom is 0.414 e. The van der Waals surface area contributed by atoms with E-state index in [2.05, 4.69) is 32.8 Å². The summed E-state index contributed by atoms with van der Waals surface area (Å²) < 4.78 is 6.16. The minimum absolute atomic E-state index is 0.300. The van der Waals surface area contributed by atoms with Crippen LogP contribution in [0.4, 0.5) is 10.5 Å². The number of hydrogen-bond donors (Lipinski definition) is 1. The fourth-order valence-corrected chi connectivity index (χ4v) is 2.37. The van der Waals surface area contributed by atoms with Crippen LogP contribution in [-0.2, 0) is 11.2 Å². The molecule has 16 heavy (non-hydrogen) atoms. The van der Waals surface area contributed by atoms with Gasteiger partial charge in [0.05, 0.1) is 5.69 Å². The predicted molar refractivity (Wildman–Crippen MR) is 68.6 cm³/mol. The van der Waals surface area contributed by atoms with E-state index in [1.807, 2.05) is 20.8 Å². The lowest BCUT2D eigenvalue weighted by atomic mass is 10.2. The average molecular weight is 335 g/mol. The zero-order valence-corrected chi connectivity index (χ0v) is 11.7. The van der Waals surface area contributed by atoms with Gasteiger partial charge in [0.1, 0.15) is 15.0 Å². The number of amides is 1. The molecule has 6 heteroatoms. The number of aromatic nitrogens is 2. The van der Waals surface area contributed by atoms with Crippen LogP contribution in [0.15, 0.2) is 0 Å². The van der Waals surface area contributed by atoms with Crippen molar-refractivity contribution in [2.75, 3.05) is 11.4 Å². The highest BCUT2D eigenvalue weighted by Gasteiger charge is 2.32. The largest absolute Gasteiger partial charge is 0.443 e. The van der Waals surface area contributed by atoms with Crippen LogP contribution in [0.5, 0.6) is 0 Å². The lowest BCUT2D eigenvalue weighted by Crippen LogP contribution is -2.36. The van der Waals surface area contributed by atoms with Crippen molar-refractivity contribution >= 4 is 34.4 Å².